The predicted octanol–water partition coefficient (Wildman–Crippen LogP) is 1.92. The van der Waals surface area contributed by atoms with Crippen LogP contribution in [0.25, 0.3) is 0 Å². The fourth-order valence-electron chi connectivity index (χ4n) is 2.21. The third kappa shape index (κ3) is 4.65. The van der Waals surface area contributed by atoms with Gasteiger partial charge in [0.1, 0.15) is 0 Å². The van der Waals surface area contributed by atoms with Gasteiger partial charge in [0.05, 0.1) is 13.0 Å². The van der Waals surface area contributed by atoms with Crippen LogP contribution >= 0.6 is 0 Å². The van der Waals surface area contributed by atoms with Crippen molar-refractivity contribution in [2.24, 2.45) is 0 Å². The van der Waals surface area contributed by atoms with Crippen molar-refractivity contribution < 1.29 is 14.6 Å². The third-order valence-electron chi connectivity index (χ3n) is 3.41. The normalized spacial score (nSPS) is 14.8. The summed E-state index contributed by atoms with van der Waals surface area (Å²) < 4.78 is 5.14. The van der Waals surface area contributed by atoms with Gasteiger partial charge in [0.2, 0.25) is 0 Å². The number of carboxylic acid groups (broad SMARTS) is 1. The van der Waals surface area contributed by atoms with E-state index in [4.69, 9.17) is 9.84 Å². The highest BCUT2D eigenvalue weighted by atomic mass is 16.5. The maximum absolute atomic E-state index is 10.6. The van der Waals surface area contributed by atoms with Crippen LogP contribution in [-0.4, -0.2) is 42.3 Å². The Morgan fingerprint density at radius 1 is 1.32 bits per heavy atom. The summed E-state index contributed by atoms with van der Waals surface area (Å²) >= 11 is 0. The first kappa shape index (κ1) is 14.0. The highest BCUT2D eigenvalue weighted by molar-refractivity contribution is 5.70. The molecule has 1 aromatic rings. The summed E-state index contributed by atoms with van der Waals surface area (Å²) in [5, 5.41) is 8.74. The lowest BCUT2D eigenvalue weighted by atomic mass is 10.1. The Balaban J connectivity index is 1.91. The number of methoxy groups -OCH3 is 1. The molecule has 19 heavy (non-hydrogen) atoms. The van der Waals surface area contributed by atoms with E-state index in [0.717, 1.165) is 25.3 Å². The third-order valence-corrected chi connectivity index (χ3v) is 3.41. The molecule has 0 bridgehead atoms. The zero-order chi connectivity index (χ0) is 13.7. The molecule has 1 aliphatic rings. The molecule has 1 aromatic carbocycles. The maximum Gasteiger partial charge on any atom is 0.307 e. The average molecular weight is 263 g/mol. The lowest BCUT2D eigenvalue weighted by Gasteiger charge is -2.21. The van der Waals surface area contributed by atoms with Gasteiger partial charge in [-0.1, -0.05) is 24.3 Å². The second-order valence-electron chi connectivity index (χ2n) is 5.08. The molecule has 2 rings (SSSR count). The summed E-state index contributed by atoms with van der Waals surface area (Å²) in [6.07, 6.45) is 2.65. The van der Waals surface area contributed by atoms with Gasteiger partial charge in [-0.25, -0.2) is 0 Å². The number of carbonyl (C=O) groups is 1. The average Bonchev–Trinajstić information content (AvgIpc) is 3.20. The fraction of sp³-hybridized carbons (Fsp3) is 0.533. The van der Waals surface area contributed by atoms with Crippen molar-refractivity contribution in [3.05, 3.63) is 35.4 Å². The minimum absolute atomic E-state index is 0.0935. The molecule has 0 aliphatic heterocycles. The first-order valence-corrected chi connectivity index (χ1v) is 6.71. The number of hydrogen-bond acceptors (Lipinski definition) is 3. The first-order valence-electron chi connectivity index (χ1n) is 6.71. The molecule has 0 amide bonds. The first-order chi connectivity index (χ1) is 9.19. The summed E-state index contributed by atoms with van der Waals surface area (Å²) in [5.74, 6) is -0.785. The molecule has 1 fully saturated rings. The van der Waals surface area contributed by atoms with Crippen LogP contribution < -0.4 is 0 Å². The van der Waals surface area contributed by atoms with Crippen molar-refractivity contribution in [2.45, 2.75) is 31.8 Å². The Kier molecular flexibility index (Phi) is 4.93. The lowest BCUT2D eigenvalue weighted by molar-refractivity contribution is -0.136. The quantitative estimate of drug-likeness (QED) is 0.778. The van der Waals surface area contributed by atoms with Crippen molar-refractivity contribution in [1.29, 1.82) is 0 Å². The van der Waals surface area contributed by atoms with E-state index < -0.39 is 5.97 Å². The van der Waals surface area contributed by atoms with E-state index in [0.29, 0.717) is 6.04 Å². The molecule has 4 nitrogen and oxygen atoms in total. The van der Waals surface area contributed by atoms with E-state index in [-0.39, 0.29) is 6.42 Å². The van der Waals surface area contributed by atoms with Gasteiger partial charge < -0.3 is 9.84 Å². The summed E-state index contributed by atoms with van der Waals surface area (Å²) in [6.45, 7) is 2.63. The molecule has 104 valence electrons. The van der Waals surface area contributed by atoms with Gasteiger partial charge in [0, 0.05) is 26.2 Å². The van der Waals surface area contributed by atoms with Crippen molar-refractivity contribution >= 4 is 5.97 Å². The number of rotatable bonds is 8. The van der Waals surface area contributed by atoms with Crippen molar-refractivity contribution in [3.8, 4) is 0 Å². The van der Waals surface area contributed by atoms with E-state index in [1.807, 2.05) is 24.3 Å². The van der Waals surface area contributed by atoms with Gasteiger partial charge in [-0.2, -0.15) is 0 Å². The van der Waals surface area contributed by atoms with Gasteiger partial charge in [-0.3, -0.25) is 9.69 Å². The van der Waals surface area contributed by atoms with Crippen molar-refractivity contribution in [1.82, 2.24) is 4.90 Å². The van der Waals surface area contributed by atoms with Crippen molar-refractivity contribution in [3.63, 3.8) is 0 Å². The van der Waals surface area contributed by atoms with Crippen molar-refractivity contribution in [2.75, 3.05) is 20.3 Å². The van der Waals surface area contributed by atoms with Crippen LogP contribution in [0.4, 0.5) is 0 Å². The van der Waals surface area contributed by atoms with Gasteiger partial charge >= 0.3 is 5.97 Å². The smallest absolute Gasteiger partial charge is 0.307 e. The summed E-state index contributed by atoms with van der Waals surface area (Å²) in [7, 11) is 1.73. The molecular weight excluding hydrogens is 242 g/mol. The minimum atomic E-state index is -0.785. The highest BCUT2D eigenvalue weighted by Crippen LogP contribution is 2.28. The van der Waals surface area contributed by atoms with Crippen LogP contribution in [0.3, 0.4) is 0 Å². The SMILES string of the molecule is COCCN(Cc1ccc(CC(=O)O)cc1)C1CC1. The topological polar surface area (TPSA) is 49.8 Å². The van der Waals surface area contributed by atoms with Gasteiger partial charge in [-0.05, 0) is 24.0 Å². The largest absolute Gasteiger partial charge is 0.481 e. The molecule has 0 heterocycles. The van der Waals surface area contributed by atoms with Crippen LogP contribution in [-0.2, 0) is 22.5 Å². The summed E-state index contributed by atoms with van der Waals surface area (Å²) in [5.41, 5.74) is 2.09. The molecule has 1 N–H and O–H groups in total. The standard InChI is InChI=1S/C15H21NO3/c1-19-9-8-16(14-6-7-14)11-13-4-2-12(3-5-13)10-15(17)18/h2-5,14H,6-11H2,1H3,(H,17,18). The van der Waals surface area contributed by atoms with Gasteiger partial charge in [-0.15, -0.1) is 0 Å². The number of aliphatic carboxylic acids is 1. The number of hydrogen-bond donors (Lipinski definition) is 1. The van der Waals surface area contributed by atoms with Crippen LogP contribution in [0.5, 0.6) is 0 Å². The van der Waals surface area contributed by atoms with E-state index in [2.05, 4.69) is 4.90 Å². The minimum Gasteiger partial charge on any atom is -0.481 e. The molecule has 0 atom stereocenters. The second-order valence-corrected chi connectivity index (χ2v) is 5.08. The van der Waals surface area contributed by atoms with E-state index in [1.54, 1.807) is 7.11 Å². The van der Waals surface area contributed by atoms with E-state index in [9.17, 15) is 4.79 Å². The Bertz CT molecular complexity index is 412. The number of benzene rings is 1. The zero-order valence-electron chi connectivity index (χ0n) is 11.3. The summed E-state index contributed by atoms with van der Waals surface area (Å²) in [6, 6.07) is 8.57. The van der Waals surface area contributed by atoms with Crippen LogP contribution in [0.2, 0.25) is 0 Å². The molecule has 0 spiro atoms. The van der Waals surface area contributed by atoms with Gasteiger partial charge in [0.25, 0.3) is 0 Å². The Hall–Kier alpha value is -1.39. The maximum atomic E-state index is 10.6. The highest BCUT2D eigenvalue weighted by Gasteiger charge is 2.28. The Morgan fingerprint density at radius 2 is 1.95 bits per heavy atom. The molecule has 4 heteroatoms. The molecular formula is C15H21NO3. The van der Waals surface area contributed by atoms with Crippen LogP contribution in [0.15, 0.2) is 24.3 Å². The number of nitrogens with zero attached hydrogens (tertiary/aromatic N) is 1. The lowest BCUT2D eigenvalue weighted by Crippen LogP contribution is -2.29. The molecule has 1 aliphatic carbocycles. The van der Waals surface area contributed by atoms with E-state index >= 15 is 0 Å². The molecule has 0 saturated heterocycles. The molecule has 0 unspecified atom stereocenters. The van der Waals surface area contributed by atoms with Crippen LogP contribution in [0, 0.1) is 0 Å². The fourth-order valence-corrected chi connectivity index (χ4v) is 2.21. The number of ether oxygens (including phenoxy) is 1. The monoisotopic (exact) mass is 263 g/mol. The number of carboxylic acids is 1. The second kappa shape index (κ2) is 6.68. The Labute approximate surface area is 114 Å². The molecule has 1 saturated carbocycles. The zero-order valence-corrected chi connectivity index (χ0v) is 11.3. The predicted molar refractivity (Wildman–Crippen MR) is 73.1 cm³/mol. The summed E-state index contributed by atoms with van der Waals surface area (Å²) in [4.78, 5) is 13.1. The molecule has 0 aromatic heterocycles. The van der Waals surface area contributed by atoms with Crippen LogP contribution in [0.1, 0.15) is 24.0 Å². The van der Waals surface area contributed by atoms with E-state index in [1.165, 1.54) is 18.4 Å². The molecule has 0 radical (unpaired) electrons. The van der Waals surface area contributed by atoms with Gasteiger partial charge in [0.15, 0.2) is 0 Å². The Morgan fingerprint density at radius 3 is 2.47 bits per heavy atom.